The first-order valence-electron chi connectivity index (χ1n) is 11.6. The standard InChI is InChI=1S/C26H34N2O5S/c1-17-20(23(31)25(33-3)24(32-2)22(17)30)11-9-7-5-4-6-8-10-12-21(29)28-19-15-13-18(14-16-19)26(27)34/h13-16H,4-12H2,1-3H3,(H2,27,34)(H,28,29). The first kappa shape index (κ1) is 27.2. The maximum atomic E-state index is 12.6. The maximum absolute atomic E-state index is 12.6. The molecular weight excluding hydrogens is 452 g/mol. The van der Waals surface area contributed by atoms with E-state index in [0.29, 0.717) is 29.0 Å². The van der Waals surface area contributed by atoms with E-state index < -0.39 is 0 Å². The van der Waals surface area contributed by atoms with Gasteiger partial charge in [0.25, 0.3) is 0 Å². The molecule has 1 amide bonds. The van der Waals surface area contributed by atoms with Gasteiger partial charge < -0.3 is 20.5 Å². The zero-order valence-electron chi connectivity index (χ0n) is 20.2. The number of benzene rings is 1. The highest BCUT2D eigenvalue weighted by Crippen LogP contribution is 2.28. The number of hydrogen-bond acceptors (Lipinski definition) is 6. The second-order valence-corrected chi connectivity index (χ2v) is 8.73. The van der Waals surface area contributed by atoms with E-state index in [9.17, 15) is 14.4 Å². The van der Waals surface area contributed by atoms with Crippen molar-refractivity contribution in [3.8, 4) is 0 Å². The van der Waals surface area contributed by atoms with E-state index in [0.717, 1.165) is 56.2 Å². The molecule has 0 aliphatic heterocycles. The molecule has 0 saturated heterocycles. The summed E-state index contributed by atoms with van der Waals surface area (Å²) in [5, 5.41) is 2.88. The lowest BCUT2D eigenvalue weighted by molar-refractivity contribution is -0.121. The Kier molecular flexibility index (Phi) is 10.9. The van der Waals surface area contributed by atoms with Crippen molar-refractivity contribution in [2.45, 2.75) is 64.7 Å². The molecule has 0 radical (unpaired) electrons. The van der Waals surface area contributed by atoms with Crippen molar-refractivity contribution in [1.82, 2.24) is 0 Å². The van der Waals surface area contributed by atoms with Gasteiger partial charge in [0, 0.05) is 28.8 Å². The number of carbonyl (C=O) groups is 3. The van der Waals surface area contributed by atoms with Crippen LogP contribution in [-0.2, 0) is 23.9 Å². The normalized spacial score (nSPS) is 13.9. The third kappa shape index (κ3) is 7.52. The minimum Gasteiger partial charge on any atom is -0.489 e. The van der Waals surface area contributed by atoms with Crippen LogP contribution < -0.4 is 11.1 Å². The molecule has 184 valence electrons. The van der Waals surface area contributed by atoms with Crippen LogP contribution in [0.5, 0.6) is 0 Å². The number of carbonyl (C=O) groups excluding carboxylic acids is 3. The lowest BCUT2D eigenvalue weighted by Gasteiger charge is -2.20. The molecule has 0 saturated carbocycles. The number of Topliss-reactive ketones (excluding diaryl/α,β-unsaturated/α-hetero) is 2. The van der Waals surface area contributed by atoms with Crippen molar-refractivity contribution in [1.29, 1.82) is 0 Å². The molecule has 1 aliphatic rings. The van der Waals surface area contributed by atoms with Gasteiger partial charge in [0.1, 0.15) is 4.99 Å². The highest BCUT2D eigenvalue weighted by molar-refractivity contribution is 7.80. The molecule has 1 aliphatic carbocycles. The van der Waals surface area contributed by atoms with E-state index >= 15 is 0 Å². The van der Waals surface area contributed by atoms with Crippen molar-refractivity contribution in [3.63, 3.8) is 0 Å². The Morgan fingerprint density at radius 2 is 1.41 bits per heavy atom. The van der Waals surface area contributed by atoms with Crippen LogP contribution in [0.3, 0.4) is 0 Å². The maximum Gasteiger partial charge on any atom is 0.228 e. The Hall–Kier alpha value is -3.00. The first-order chi connectivity index (χ1) is 16.3. The van der Waals surface area contributed by atoms with Gasteiger partial charge >= 0.3 is 0 Å². The molecule has 34 heavy (non-hydrogen) atoms. The van der Waals surface area contributed by atoms with E-state index in [-0.39, 0.29) is 29.0 Å². The number of allylic oxidation sites excluding steroid dienone is 2. The predicted molar refractivity (Wildman–Crippen MR) is 136 cm³/mol. The van der Waals surface area contributed by atoms with Gasteiger partial charge in [-0.1, -0.05) is 44.3 Å². The Balaban J connectivity index is 1.59. The van der Waals surface area contributed by atoms with E-state index in [2.05, 4.69) is 5.32 Å². The first-order valence-corrected chi connectivity index (χ1v) is 12.0. The molecule has 0 heterocycles. The van der Waals surface area contributed by atoms with Gasteiger partial charge in [0.2, 0.25) is 29.0 Å². The van der Waals surface area contributed by atoms with Crippen LogP contribution in [0.15, 0.2) is 46.9 Å². The van der Waals surface area contributed by atoms with E-state index in [1.54, 1.807) is 31.2 Å². The van der Waals surface area contributed by atoms with Crippen molar-refractivity contribution in [2.75, 3.05) is 19.5 Å². The topological polar surface area (TPSA) is 108 Å². The molecule has 0 bridgehead atoms. The van der Waals surface area contributed by atoms with Crippen LogP contribution in [0.4, 0.5) is 5.69 Å². The van der Waals surface area contributed by atoms with Crippen LogP contribution in [0.2, 0.25) is 0 Å². The van der Waals surface area contributed by atoms with Crippen LogP contribution in [0, 0.1) is 0 Å². The summed E-state index contributed by atoms with van der Waals surface area (Å²) in [4.78, 5) is 37.4. The summed E-state index contributed by atoms with van der Waals surface area (Å²) >= 11 is 4.92. The van der Waals surface area contributed by atoms with Crippen molar-refractivity contribution in [3.05, 3.63) is 52.5 Å². The van der Waals surface area contributed by atoms with Crippen LogP contribution in [0.1, 0.15) is 70.3 Å². The Labute approximate surface area is 206 Å². The molecule has 1 aromatic rings. The molecule has 7 nitrogen and oxygen atoms in total. The fourth-order valence-electron chi connectivity index (χ4n) is 3.91. The summed E-state index contributed by atoms with van der Waals surface area (Å²) in [6.45, 7) is 1.67. The smallest absolute Gasteiger partial charge is 0.228 e. The summed E-state index contributed by atoms with van der Waals surface area (Å²) in [6.07, 6.45) is 7.86. The largest absolute Gasteiger partial charge is 0.489 e. The number of amides is 1. The van der Waals surface area contributed by atoms with E-state index in [4.69, 9.17) is 27.4 Å². The zero-order chi connectivity index (χ0) is 25.1. The van der Waals surface area contributed by atoms with Gasteiger partial charge in [-0.25, -0.2) is 0 Å². The third-order valence-electron chi connectivity index (χ3n) is 5.88. The number of hydrogen-bond donors (Lipinski definition) is 2. The Bertz CT molecular complexity index is 979. The molecule has 0 atom stereocenters. The van der Waals surface area contributed by atoms with E-state index in [1.165, 1.54) is 14.2 Å². The molecule has 1 aromatic carbocycles. The monoisotopic (exact) mass is 486 g/mol. The number of rotatable bonds is 14. The number of thiocarbonyl (C=S) groups is 1. The lowest BCUT2D eigenvalue weighted by Crippen LogP contribution is -2.25. The summed E-state index contributed by atoms with van der Waals surface area (Å²) in [5.41, 5.74) is 8.05. The Morgan fingerprint density at radius 3 is 1.97 bits per heavy atom. The number of ether oxygens (including phenoxy) is 2. The fraction of sp³-hybridized carbons (Fsp3) is 0.462. The number of unbranched alkanes of at least 4 members (excludes halogenated alkanes) is 6. The number of ketones is 2. The minimum atomic E-state index is -0.283. The van der Waals surface area contributed by atoms with Gasteiger partial charge in [0.05, 0.1) is 14.2 Å². The molecule has 0 unspecified atom stereocenters. The lowest BCUT2D eigenvalue weighted by atomic mass is 9.89. The van der Waals surface area contributed by atoms with Crippen LogP contribution in [0.25, 0.3) is 0 Å². The van der Waals surface area contributed by atoms with Gasteiger partial charge in [-0.2, -0.15) is 0 Å². The van der Waals surface area contributed by atoms with Crippen molar-refractivity contribution < 1.29 is 23.9 Å². The molecule has 2 rings (SSSR count). The summed E-state index contributed by atoms with van der Waals surface area (Å²) < 4.78 is 10.2. The average molecular weight is 487 g/mol. The number of anilines is 1. The Morgan fingerprint density at radius 1 is 0.882 bits per heavy atom. The van der Waals surface area contributed by atoms with Crippen molar-refractivity contribution in [2.24, 2.45) is 5.73 Å². The van der Waals surface area contributed by atoms with E-state index in [1.807, 2.05) is 0 Å². The molecule has 8 heteroatoms. The summed E-state index contributed by atoms with van der Waals surface area (Å²) in [5.74, 6) is -0.562. The predicted octanol–water partition coefficient (Wildman–Crippen LogP) is 4.74. The van der Waals surface area contributed by atoms with Gasteiger partial charge in [-0.15, -0.1) is 0 Å². The van der Waals surface area contributed by atoms with Crippen LogP contribution >= 0.6 is 12.2 Å². The zero-order valence-corrected chi connectivity index (χ0v) is 21.0. The van der Waals surface area contributed by atoms with Gasteiger partial charge in [0.15, 0.2) is 0 Å². The van der Waals surface area contributed by atoms with Gasteiger partial charge in [-0.3, -0.25) is 14.4 Å². The third-order valence-corrected chi connectivity index (χ3v) is 6.11. The number of nitrogens with two attached hydrogens (primary N) is 1. The van der Waals surface area contributed by atoms with Crippen molar-refractivity contribution >= 4 is 40.4 Å². The quantitative estimate of drug-likeness (QED) is 0.222. The number of methoxy groups -OCH3 is 2. The SMILES string of the molecule is COC1=C(OC)C(=O)C(CCCCCCCCCC(=O)Nc2ccc(C(N)=S)cc2)=C(C)C1=O. The minimum absolute atomic E-state index is 0.000441. The number of nitrogens with one attached hydrogen (secondary N) is 1. The second kappa shape index (κ2) is 13.6. The molecule has 0 spiro atoms. The summed E-state index contributed by atoms with van der Waals surface area (Å²) in [7, 11) is 2.74. The fourth-order valence-corrected chi connectivity index (χ4v) is 4.04. The summed E-state index contributed by atoms with van der Waals surface area (Å²) in [6, 6.07) is 7.18. The van der Waals surface area contributed by atoms with Crippen LogP contribution in [-0.4, -0.2) is 36.7 Å². The second-order valence-electron chi connectivity index (χ2n) is 8.29. The average Bonchev–Trinajstić information content (AvgIpc) is 2.82. The highest BCUT2D eigenvalue weighted by Gasteiger charge is 2.34. The highest BCUT2D eigenvalue weighted by atomic mass is 32.1. The molecule has 0 fully saturated rings. The van der Waals surface area contributed by atoms with Gasteiger partial charge in [-0.05, 0) is 50.5 Å². The molecule has 0 aromatic heterocycles. The molecule has 3 N–H and O–H groups in total. The molecular formula is C26H34N2O5S.